The Labute approximate surface area is 97.3 Å². The van der Waals surface area contributed by atoms with Crippen LogP contribution in [0.2, 0.25) is 0 Å². The van der Waals surface area contributed by atoms with Crippen molar-refractivity contribution in [1.29, 1.82) is 0 Å². The summed E-state index contributed by atoms with van der Waals surface area (Å²) in [6, 6.07) is 6.11. The van der Waals surface area contributed by atoms with Crippen molar-refractivity contribution in [1.82, 2.24) is 0 Å². The molecule has 0 amide bonds. The Morgan fingerprint density at radius 3 is 3.00 bits per heavy atom. The second-order valence-electron chi connectivity index (χ2n) is 4.69. The number of aliphatic hydroxyl groups is 1. The highest BCUT2D eigenvalue weighted by atomic mass is 16.5. The van der Waals surface area contributed by atoms with E-state index in [0.29, 0.717) is 12.5 Å². The van der Waals surface area contributed by atoms with Gasteiger partial charge in [0.25, 0.3) is 0 Å². The Kier molecular flexibility index (Phi) is 3.49. The third-order valence-corrected chi connectivity index (χ3v) is 3.32. The molecular weight excluding hydrogens is 200 g/mol. The van der Waals surface area contributed by atoms with Gasteiger partial charge in [-0.05, 0) is 55.4 Å². The van der Waals surface area contributed by atoms with E-state index in [2.05, 4.69) is 13.0 Å². The van der Waals surface area contributed by atoms with E-state index in [4.69, 9.17) is 4.74 Å². The summed E-state index contributed by atoms with van der Waals surface area (Å²) in [4.78, 5) is 0. The normalized spacial score (nSPS) is 24.7. The van der Waals surface area contributed by atoms with Crippen LogP contribution < -0.4 is 4.74 Å². The Hall–Kier alpha value is -1.02. The molecule has 1 N–H and O–H groups in total. The highest BCUT2D eigenvalue weighted by molar-refractivity contribution is 5.38. The van der Waals surface area contributed by atoms with Crippen LogP contribution in [0.4, 0.5) is 0 Å². The number of hydrogen-bond donors (Lipinski definition) is 1. The van der Waals surface area contributed by atoms with E-state index < -0.39 is 0 Å². The van der Waals surface area contributed by atoms with Crippen LogP contribution in [-0.2, 0) is 6.42 Å². The molecule has 1 aromatic rings. The molecule has 2 nitrogen and oxygen atoms in total. The molecule has 2 heteroatoms. The lowest BCUT2D eigenvalue weighted by atomic mass is 9.99. The van der Waals surface area contributed by atoms with Gasteiger partial charge in [0.1, 0.15) is 5.75 Å². The molecule has 2 atom stereocenters. The number of aliphatic hydroxyl groups excluding tert-OH is 1. The number of rotatable bonds is 2. The summed E-state index contributed by atoms with van der Waals surface area (Å²) in [6.07, 6.45) is 2.77. The van der Waals surface area contributed by atoms with Crippen molar-refractivity contribution >= 4 is 0 Å². The van der Waals surface area contributed by atoms with Gasteiger partial charge >= 0.3 is 0 Å². The van der Waals surface area contributed by atoms with E-state index in [1.165, 1.54) is 5.56 Å². The van der Waals surface area contributed by atoms with Crippen LogP contribution in [0.1, 0.15) is 43.9 Å². The van der Waals surface area contributed by atoms with E-state index in [0.717, 1.165) is 30.6 Å². The van der Waals surface area contributed by atoms with Gasteiger partial charge in [-0.3, -0.25) is 0 Å². The third kappa shape index (κ3) is 2.38. The molecule has 0 saturated carbocycles. The Bertz CT molecular complexity index is 360. The summed E-state index contributed by atoms with van der Waals surface area (Å²) in [5.74, 6) is 1.47. The number of benzene rings is 1. The number of hydrogen-bond acceptors (Lipinski definition) is 2. The quantitative estimate of drug-likeness (QED) is 0.776. The van der Waals surface area contributed by atoms with E-state index in [-0.39, 0.29) is 6.10 Å². The van der Waals surface area contributed by atoms with Crippen molar-refractivity contribution in [2.45, 2.75) is 39.2 Å². The summed E-state index contributed by atoms with van der Waals surface area (Å²) in [5, 5.41) is 10.1. The van der Waals surface area contributed by atoms with Gasteiger partial charge in [0.05, 0.1) is 12.7 Å². The van der Waals surface area contributed by atoms with Gasteiger partial charge in [0, 0.05) is 0 Å². The monoisotopic (exact) mass is 220 g/mol. The second-order valence-corrected chi connectivity index (χ2v) is 4.69. The molecular formula is C14H20O2. The molecule has 0 fully saturated rings. The molecule has 0 radical (unpaired) electrons. The maximum absolute atomic E-state index is 10.1. The first kappa shape index (κ1) is 11.5. The molecule has 0 heterocycles. The lowest BCUT2D eigenvalue weighted by molar-refractivity contribution is 0.149. The van der Waals surface area contributed by atoms with Crippen LogP contribution in [0.5, 0.6) is 5.75 Å². The molecule has 2 rings (SSSR count). The van der Waals surface area contributed by atoms with E-state index >= 15 is 0 Å². The van der Waals surface area contributed by atoms with Gasteiger partial charge in [-0.15, -0.1) is 0 Å². The summed E-state index contributed by atoms with van der Waals surface area (Å²) >= 11 is 0. The van der Waals surface area contributed by atoms with Gasteiger partial charge in [0.2, 0.25) is 0 Å². The summed E-state index contributed by atoms with van der Waals surface area (Å²) in [6.45, 7) is 4.86. The first-order valence-corrected chi connectivity index (χ1v) is 6.14. The smallest absolute Gasteiger partial charge is 0.119 e. The summed E-state index contributed by atoms with van der Waals surface area (Å²) in [7, 11) is 0. The van der Waals surface area contributed by atoms with Crippen LogP contribution in [0, 0.1) is 5.92 Å². The highest BCUT2D eigenvalue weighted by Gasteiger charge is 2.20. The van der Waals surface area contributed by atoms with Crippen LogP contribution in [0.15, 0.2) is 18.2 Å². The summed E-state index contributed by atoms with van der Waals surface area (Å²) < 4.78 is 5.48. The minimum atomic E-state index is -0.326. The molecule has 2 unspecified atom stereocenters. The van der Waals surface area contributed by atoms with Gasteiger partial charge in [-0.2, -0.15) is 0 Å². The zero-order chi connectivity index (χ0) is 11.5. The van der Waals surface area contributed by atoms with Crippen LogP contribution >= 0.6 is 0 Å². The zero-order valence-corrected chi connectivity index (χ0v) is 10.1. The molecule has 88 valence electrons. The van der Waals surface area contributed by atoms with Crippen LogP contribution in [0.25, 0.3) is 0 Å². The fourth-order valence-electron chi connectivity index (χ4n) is 2.40. The molecule has 0 spiro atoms. The largest absolute Gasteiger partial charge is 0.494 e. The van der Waals surface area contributed by atoms with E-state index in [1.807, 2.05) is 19.1 Å². The maximum atomic E-state index is 10.1. The predicted octanol–water partition coefficient (Wildman–Crippen LogP) is 3.09. The second kappa shape index (κ2) is 4.88. The maximum Gasteiger partial charge on any atom is 0.119 e. The molecule has 0 aliphatic heterocycles. The first-order chi connectivity index (χ1) is 7.70. The van der Waals surface area contributed by atoms with Gasteiger partial charge in [-0.1, -0.05) is 13.0 Å². The standard InChI is InChI=1S/C14H20O2/c1-3-16-12-7-6-11-5-4-10(2)8-14(15)13(11)9-12/h6-7,9-10,14-15H,3-5,8H2,1-2H3. The Morgan fingerprint density at radius 2 is 2.25 bits per heavy atom. The minimum Gasteiger partial charge on any atom is -0.494 e. The molecule has 0 bridgehead atoms. The van der Waals surface area contributed by atoms with E-state index in [1.54, 1.807) is 0 Å². The number of aryl methyl sites for hydroxylation is 1. The van der Waals surface area contributed by atoms with Gasteiger partial charge < -0.3 is 9.84 Å². The molecule has 16 heavy (non-hydrogen) atoms. The van der Waals surface area contributed by atoms with E-state index in [9.17, 15) is 5.11 Å². The molecule has 0 aromatic heterocycles. The van der Waals surface area contributed by atoms with Crippen molar-refractivity contribution in [2.24, 2.45) is 5.92 Å². The lowest BCUT2D eigenvalue weighted by Gasteiger charge is -2.14. The average molecular weight is 220 g/mol. The lowest BCUT2D eigenvalue weighted by Crippen LogP contribution is -2.02. The number of ether oxygens (including phenoxy) is 1. The fraction of sp³-hybridized carbons (Fsp3) is 0.571. The molecule has 0 saturated heterocycles. The molecule has 1 aromatic carbocycles. The van der Waals surface area contributed by atoms with Crippen molar-refractivity contribution in [3.8, 4) is 5.75 Å². The Morgan fingerprint density at radius 1 is 1.44 bits per heavy atom. The highest BCUT2D eigenvalue weighted by Crippen LogP contribution is 2.33. The summed E-state index contributed by atoms with van der Waals surface area (Å²) in [5.41, 5.74) is 2.34. The van der Waals surface area contributed by atoms with Gasteiger partial charge in [-0.25, -0.2) is 0 Å². The van der Waals surface area contributed by atoms with Crippen molar-refractivity contribution < 1.29 is 9.84 Å². The van der Waals surface area contributed by atoms with Crippen molar-refractivity contribution in [2.75, 3.05) is 6.61 Å². The SMILES string of the molecule is CCOc1ccc2c(c1)C(O)CC(C)CC2. The third-order valence-electron chi connectivity index (χ3n) is 3.32. The fourth-order valence-corrected chi connectivity index (χ4v) is 2.40. The van der Waals surface area contributed by atoms with Crippen molar-refractivity contribution in [3.05, 3.63) is 29.3 Å². The molecule has 1 aliphatic rings. The van der Waals surface area contributed by atoms with Crippen molar-refractivity contribution in [3.63, 3.8) is 0 Å². The zero-order valence-electron chi connectivity index (χ0n) is 10.1. The topological polar surface area (TPSA) is 29.5 Å². The number of fused-ring (bicyclic) bond motifs is 1. The average Bonchev–Trinajstić information content (AvgIpc) is 2.40. The van der Waals surface area contributed by atoms with Crippen LogP contribution in [0.3, 0.4) is 0 Å². The minimum absolute atomic E-state index is 0.326. The predicted molar refractivity (Wildman–Crippen MR) is 64.7 cm³/mol. The first-order valence-electron chi connectivity index (χ1n) is 6.14. The van der Waals surface area contributed by atoms with Crippen LogP contribution in [-0.4, -0.2) is 11.7 Å². The Balaban J connectivity index is 2.30. The molecule has 1 aliphatic carbocycles. The van der Waals surface area contributed by atoms with Gasteiger partial charge in [0.15, 0.2) is 0 Å².